The molecule has 1 atom stereocenters. The summed E-state index contributed by atoms with van der Waals surface area (Å²) in [6.07, 6.45) is 0.132. The molecule has 6 heteroatoms. The molecule has 0 aromatic heterocycles. The van der Waals surface area contributed by atoms with Crippen LogP contribution in [0.1, 0.15) is 18.9 Å². The molecule has 0 aliphatic rings. The Morgan fingerprint density at radius 1 is 1.38 bits per heavy atom. The summed E-state index contributed by atoms with van der Waals surface area (Å²) in [7, 11) is 3.26. The molecule has 0 radical (unpaired) electrons. The summed E-state index contributed by atoms with van der Waals surface area (Å²) in [5, 5.41) is 12.3. The fraction of sp³-hybridized carbons (Fsp3) is 0.533. The van der Waals surface area contributed by atoms with Gasteiger partial charge in [0.2, 0.25) is 0 Å². The highest BCUT2D eigenvalue weighted by atomic mass is 79.9. The van der Waals surface area contributed by atoms with Crippen LogP contribution in [0.5, 0.6) is 11.5 Å². The molecule has 1 aromatic rings. The van der Waals surface area contributed by atoms with Crippen LogP contribution >= 0.6 is 15.9 Å². The van der Waals surface area contributed by atoms with E-state index in [1.54, 1.807) is 14.2 Å². The molecule has 116 valence electrons. The van der Waals surface area contributed by atoms with Gasteiger partial charge in [-0.3, -0.25) is 0 Å². The van der Waals surface area contributed by atoms with E-state index in [1.165, 1.54) is 0 Å². The van der Waals surface area contributed by atoms with E-state index in [9.17, 15) is 0 Å². The molecule has 0 bridgehead atoms. The summed E-state index contributed by atoms with van der Waals surface area (Å²) >= 11 is 3.48. The highest BCUT2D eigenvalue weighted by molar-refractivity contribution is 9.10. The van der Waals surface area contributed by atoms with Crippen molar-refractivity contribution in [3.8, 4) is 17.6 Å². The fourth-order valence-corrected chi connectivity index (χ4v) is 2.32. The zero-order valence-corrected chi connectivity index (χ0v) is 14.2. The Morgan fingerprint density at radius 3 is 2.71 bits per heavy atom. The van der Waals surface area contributed by atoms with E-state index < -0.39 is 6.10 Å². The van der Waals surface area contributed by atoms with Crippen molar-refractivity contribution in [1.82, 2.24) is 5.32 Å². The highest BCUT2D eigenvalue weighted by Crippen LogP contribution is 2.37. The zero-order valence-electron chi connectivity index (χ0n) is 12.6. The summed E-state index contributed by atoms with van der Waals surface area (Å²) < 4.78 is 16.8. The molecule has 0 spiro atoms. The van der Waals surface area contributed by atoms with Crippen LogP contribution in [0.2, 0.25) is 0 Å². The standard InChI is InChI=1S/C15H21BrN2O3/c1-4-12(9-17)21-15-13(16)7-11(8-14(15)20-3)10-18-5-6-19-2/h7-8,12,18H,4-6,10H2,1-3H3. The molecule has 0 fully saturated rings. The molecule has 5 nitrogen and oxygen atoms in total. The molecule has 21 heavy (non-hydrogen) atoms. The second-order valence-corrected chi connectivity index (χ2v) is 5.28. The third kappa shape index (κ3) is 5.54. The van der Waals surface area contributed by atoms with Crippen molar-refractivity contribution in [3.63, 3.8) is 0 Å². The summed E-state index contributed by atoms with van der Waals surface area (Å²) in [5.41, 5.74) is 1.06. The zero-order chi connectivity index (χ0) is 15.7. The minimum Gasteiger partial charge on any atom is -0.493 e. The second kappa shape index (κ2) is 9.61. The van der Waals surface area contributed by atoms with E-state index in [0.717, 1.165) is 16.6 Å². The van der Waals surface area contributed by atoms with Crippen LogP contribution in [0.25, 0.3) is 0 Å². The van der Waals surface area contributed by atoms with Gasteiger partial charge in [-0.25, -0.2) is 0 Å². The van der Waals surface area contributed by atoms with Gasteiger partial charge in [0.25, 0.3) is 0 Å². The molecule has 0 saturated heterocycles. The van der Waals surface area contributed by atoms with Gasteiger partial charge in [-0.2, -0.15) is 5.26 Å². The van der Waals surface area contributed by atoms with Crippen LogP contribution in [0, 0.1) is 11.3 Å². The maximum absolute atomic E-state index is 9.01. The predicted octanol–water partition coefficient (Wildman–Crippen LogP) is 2.87. The number of benzene rings is 1. The van der Waals surface area contributed by atoms with Crippen LogP contribution in [-0.4, -0.2) is 33.5 Å². The van der Waals surface area contributed by atoms with Crippen molar-refractivity contribution in [1.29, 1.82) is 5.26 Å². The van der Waals surface area contributed by atoms with Gasteiger partial charge in [-0.15, -0.1) is 0 Å². The van der Waals surface area contributed by atoms with Crippen molar-refractivity contribution in [2.24, 2.45) is 0 Å². The number of nitriles is 1. The van der Waals surface area contributed by atoms with E-state index in [-0.39, 0.29) is 0 Å². The number of nitrogens with zero attached hydrogens (tertiary/aromatic N) is 1. The number of halogens is 1. The Balaban J connectivity index is 2.84. The van der Waals surface area contributed by atoms with Gasteiger partial charge in [0.1, 0.15) is 6.07 Å². The number of hydrogen-bond acceptors (Lipinski definition) is 5. The summed E-state index contributed by atoms with van der Waals surface area (Å²) in [5.74, 6) is 1.17. The molecule has 1 unspecified atom stereocenters. The maximum atomic E-state index is 9.01. The molecule has 0 aliphatic heterocycles. The Kier molecular flexibility index (Phi) is 8.13. The topological polar surface area (TPSA) is 63.5 Å². The van der Waals surface area contributed by atoms with Crippen LogP contribution < -0.4 is 14.8 Å². The lowest BCUT2D eigenvalue weighted by atomic mass is 10.2. The number of hydrogen-bond donors (Lipinski definition) is 1. The van der Waals surface area contributed by atoms with E-state index >= 15 is 0 Å². The summed E-state index contributed by atoms with van der Waals surface area (Å²) in [6.45, 7) is 4.05. The predicted molar refractivity (Wildman–Crippen MR) is 84.6 cm³/mol. The molecular weight excluding hydrogens is 336 g/mol. The van der Waals surface area contributed by atoms with Crippen LogP contribution in [0.4, 0.5) is 0 Å². The molecule has 0 saturated carbocycles. The second-order valence-electron chi connectivity index (χ2n) is 4.42. The van der Waals surface area contributed by atoms with E-state index in [1.807, 2.05) is 19.1 Å². The van der Waals surface area contributed by atoms with Gasteiger partial charge < -0.3 is 19.5 Å². The van der Waals surface area contributed by atoms with Crippen molar-refractivity contribution < 1.29 is 14.2 Å². The SMILES string of the molecule is CCC(C#N)Oc1c(Br)cc(CNCCOC)cc1OC. The average Bonchev–Trinajstić information content (AvgIpc) is 2.50. The molecule has 1 rings (SSSR count). The highest BCUT2D eigenvalue weighted by Gasteiger charge is 2.15. The first kappa shape index (κ1) is 17.8. The van der Waals surface area contributed by atoms with E-state index in [0.29, 0.717) is 31.1 Å². The minimum absolute atomic E-state index is 0.485. The third-order valence-corrected chi connectivity index (χ3v) is 3.47. The van der Waals surface area contributed by atoms with Gasteiger partial charge >= 0.3 is 0 Å². The lowest BCUT2D eigenvalue weighted by molar-refractivity contribution is 0.199. The quantitative estimate of drug-likeness (QED) is 0.689. The van der Waals surface area contributed by atoms with Gasteiger partial charge in [-0.1, -0.05) is 6.92 Å². The Bertz CT molecular complexity index is 489. The molecular formula is C15H21BrN2O3. The first-order valence-corrected chi connectivity index (χ1v) is 7.57. The van der Waals surface area contributed by atoms with Crippen molar-refractivity contribution in [2.75, 3.05) is 27.4 Å². The lowest BCUT2D eigenvalue weighted by Crippen LogP contribution is -2.18. The van der Waals surface area contributed by atoms with Crippen molar-refractivity contribution in [2.45, 2.75) is 26.0 Å². The third-order valence-electron chi connectivity index (χ3n) is 2.88. The monoisotopic (exact) mass is 356 g/mol. The lowest BCUT2D eigenvalue weighted by Gasteiger charge is -2.17. The Morgan fingerprint density at radius 2 is 2.14 bits per heavy atom. The van der Waals surface area contributed by atoms with E-state index in [4.69, 9.17) is 19.5 Å². The normalized spacial score (nSPS) is 11.8. The average molecular weight is 357 g/mol. The fourth-order valence-electron chi connectivity index (χ4n) is 1.74. The van der Waals surface area contributed by atoms with Crippen LogP contribution in [0.15, 0.2) is 16.6 Å². The van der Waals surface area contributed by atoms with Crippen LogP contribution in [-0.2, 0) is 11.3 Å². The summed E-state index contributed by atoms with van der Waals surface area (Å²) in [4.78, 5) is 0. The smallest absolute Gasteiger partial charge is 0.184 e. The summed E-state index contributed by atoms with van der Waals surface area (Å²) in [6, 6.07) is 5.98. The largest absolute Gasteiger partial charge is 0.493 e. The number of nitrogens with one attached hydrogen (secondary N) is 1. The number of rotatable bonds is 9. The molecule has 1 N–H and O–H groups in total. The van der Waals surface area contributed by atoms with Crippen LogP contribution in [0.3, 0.4) is 0 Å². The van der Waals surface area contributed by atoms with Gasteiger partial charge in [0.05, 0.1) is 18.2 Å². The first-order chi connectivity index (χ1) is 10.2. The Hall–Kier alpha value is -1.29. The van der Waals surface area contributed by atoms with Crippen molar-refractivity contribution >= 4 is 15.9 Å². The van der Waals surface area contributed by atoms with E-state index in [2.05, 4.69) is 27.3 Å². The molecule has 0 amide bonds. The van der Waals surface area contributed by atoms with Crippen molar-refractivity contribution in [3.05, 3.63) is 22.2 Å². The van der Waals surface area contributed by atoms with Gasteiger partial charge in [0.15, 0.2) is 17.6 Å². The first-order valence-electron chi connectivity index (χ1n) is 6.78. The van der Waals surface area contributed by atoms with Gasteiger partial charge in [0, 0.05) is 20.2 Å². The molecule has 0 heterocycles. The molecule has 0 aliphatic carbocycles. The van der Waals surface area contributed by atoms with Gasteiger partial charge in [-0.05, 0) is 40.0 Å². The number of methoxy groups -OCH3 is 2. The maximum Gasteiger partial charge on any atom is 0.184 e. The Labute approximate surface area is 134 Å². The number of ether oxygens (including phenoxy) is 3. The minimum atomic E-state index is -0.485. The molecule has 1 aromatic carbocycles.